The highest BCUT2D eigenvalue weighted by Gasteiger charge is 2.22. The molecule has 27 heavy (non-hydrogen) atoms. The summed E-state index contributed by atoms with van der Waals surface area (Å²) in [6.45, 7) is 3.81. The highest BCUT2D eigenvalue weighted by molar-refractivity contribution is 7.25. The number of hydrogen-bond donors (Lipinski definition) is 1. The molecule has 0 aliphatic rings. The van der Waals surface area contributed by atoms with Crippen LogP contribution in [0.4, 0.5) is 5.69 Å². The summed E-state index contributed by atoms with van der Waals surface area (Å²) in [5.74, 6) is -0.228. The number of nitrogens with zero attached hydrogens (tertiary/aromatic N) is 3. The van der Waals surface area contributed by atoms with Crippen LogP contribution in [-0.4, -0.2) is 20.4 Å². The number of fused-ring (bicyclic) bond motifs is 3. The van der Waals surface area contributed by atoms with Crippen LogP contribution < -0.4 is 10.9 Å². The smallest absolute Gasteiger partial charge is 0.272 e. The van der Waals surface area contributed by atoms with E-state index in [1.165, 1.54) is 22.2 Å². The summed E-state index contributed by atoms with van der Waals surface area (Å²) in [6, 6.07) is 10.7. The number of amides is 1. The van der Waals surface area contributed by atoms with Crippen LogP contribution in [0.5, 0.6) is 0 Å². The average Bonchev–Trinajstić information content (AvgIpc) is 3.06. The molecule has 6 nitrogen and oxygen atoms in total. The zero-order valence-electron chi connectivity index (χ0n) is 15.0. The van der Waals surface area contributed by atoms with Gasteiger partial charge in [-0.25, -0.2) is 9.97 Å². The van der Waals surface area contributed by atoms with Crippen molar-refractivity contribution in [2.75, 3.05) is 5.32 Å². The van der Waals surface area contributed by atoms with Gasteiger partial charge in [0, 0.05) is 17.3 Å². The number of thiophene rings is 1. The molecule has 3 heterocycles. The van der Waals surface area contributed by atoms with Gasteiger partial charge in [0.2, 0.25) is 5.91 Å². The fraction of sp³-hybridized carbons (Fsp3) is 0.200. The lowest BCUT2D eigenvalue weighted by atomic mass is 10.1. The van der Waals surface area contributed by atoms with Crippen molar-refractivity contribution in [1.29, 1.82) is 0 Å². The minimum Gasteiger partial charge on any atom is -0.324 e. The van der Waals surface area contributed by atoms with E-state index in [4.69, 9.17) is 0 Å². The van der Waals surface area contributed by atoms with Gasteiger partial charge in [0.15, 0.2) is 0 Å². The molecule has 1 aromatic carbocycles. The Morgan fingerprint density at radius 2 is 2.04 bits per heavy atom. The van der Waals surface area contributed by atoms with Gasteiger partial charge in [-0.2, -0.15) is 0 Å². The van der Waals surface area contributed by atoms with Crippen LogP contribution in [0.2, 0.25) is 0 Å². The molecule has 0 saturated carbocycles. The summed E-state index contributed by atoms with van der Waals surface area (Å²) < 4.78 is 1.94. The van der Waals surface area contributed by atoms with Gasteiger partial charge in [0.05, 0.1) is 11.8 Å². The zero-order valence-corrected chi connectivity index (χ0v) is 15.8. The van der Waals surface area contributed by atoms with E-state index in [-0.39, 0.29) is 11.5 Å². The first kappa shape index (κ1) is 17.4. The SMILES string of the molecule is CC[C@H](C(=O)Nc1ccccc1C)n1cnc2c(sc3ncccc32)c1=O. The van der Waals surface area contributed by atoms with Crippen LogP contribution >= 0.6 is 11.3 Å². The van der Waals surface area contributed by atoms with Crippen molar-refractivity contribution >= 4 is 43.4 Å². The molecule has 3 aromatic heterocycles. The van der Waals surface area contributed by atoms with E-state index in [9.17, 15) is 9.59 Å². The molecule has 7 heteroatoms. The second kappa shape index (κ2) is 6.92. The maximum Gasteiger partial charge on any atom is 0.272 e. The minimum absolute atomic E-state index is 0.213. The Morgan fingerprint density at radius 3 is 2.81 bits per heavy atom. The van der Waals surface area contributed by atoms with Crippen LogP contribution in [0.15, 0.2) is 53.7 Å². The Bertz CT molecular complexity index is 1210. The first-order valence-corrected chi connectivity index (χ1v) is 9.52. The highest BCUT2D eigenvalue weighted by Crippen LogP contribution is 2.28. The summed E-state index contributed by atoms with van der Waals surface area (Å²) in [5, 5.41) is 3.79. The number of anilines is 1. The number of rotatable bonds is 4. The molecule has 0 bridgehead atoms. The van der Waals surface area contributed by atoms with Crippen molar-refractivity contribution in [3.05, 3.63) is 64.8 Å². The lowest BCUT2D eigenvalue weighted by Crippen LogP contribution is -2.33. The summed E-state index contributed by atoms with van der Waals surface area (Å²) in [6.07, 6.45) is 3.64. The predicted molar refractivity (Wildman–Crippen MR) is 108 cm³/mol. The van der Waals surface area contributed by atoms with E-state index in [1.807, 2.05) is 50.2 Å². The molecule has 1 amide bonds. The molecule has 0 aliphatic heterocycles. The Labute approximate surface area is 159 Å². The van der Waals surface area contributed by atoms with Crippen molar-refractivity contribution in [1.82, 2.24) is 14.5 Å². The quantitative estimate of drug-likeness (QED) is 0.584. The van der Waals surface area contributed by atoms with Gasteiger partial charge in [-0.15, -0.1) is 11.3 Å². The molecule has 4 rings (SSSR count). The Hall–Kier alpha value is -3.06. The second-order valence-corrected chi connectivity index (χ2v) is 7.32. The fourth-order valence-electron chi connectivity index (χ4n) is 3.14. The zero-order chi connectivity index (χ0) is 19.0. The fourth-order valence-corrected chi connectivity index (χ4v) is 4.18. The lowest BCUT2D eigenvalue weighted by molar-refractivity contribution is -0.119. The Morgan fingerprint density at radius 1 is 1.22 bits per heavy atom. The van der Waals surface area contributed by atoms with Gasteiger partial charge in [0.25, 0.3) is 5.56 Å². The Balaban J connectivity index is 1.76. The molecule has 4 aromatic rings. The van der Waals surface area contributed by atoms with Gasteiger partial charge in [-0.1, -0.05) is 25.1 Å². The topological polar surface area (TPSA) is 76.9 Å². The predicted octanol–water partition coefficient (Wildman–Crippen LogP) is 3.90. The molecule has 0 aliphatic carbocycles. The molecule has 0 spiro atoms. The van der Waals surface area contributed by atoms with Crippen LogP contribution in [-0.2, 0) is 4.79 Å². The van der Waals surface area contributed by atoms with Crippen molar-refractivity contribution < 1.29 is 4.79 Å². The third-order valence-electron chi connectivity index (χ3n) is 4.61. The number of nitrogens with one attached hydrogen (secondary N) is 1. The van der Waals surface area contributed by atoms with Gasteiger partial charge in [-0.05, 0) is 37.1 Å². The minimum atomic E-state index is -0.632. The number of benzene rings is 1. The monoisotopic (exact) mass is 378 g/mol. The number of aromatic nitrogens is 3. The molecule has 0 saturated heterocycles. The van der Waals surface area contributed by atoms with E-state index >= 15 is 0 Å². The molecule has 0 radical (unpaired) electrons. The first-order chi connectivity index (χ1) is 13.1. The number of pyridine rings is 1. The van der Waals surface area contributed by atoms with E-state index in [2.05, 4.69) is 15.3 Å². The third kappa shape index (κ3) is 3.00. The van der Waals surface area contributed by atoms with E-state index < -0.39 is 6.04 Å². The maximum absolute atomic E-state index is 13.0. The number of hydrogen-bond acceptors (Lipinski definition) is 5. The molecule has 1 atom stereocenters. The second-order valence-electron chi connectivity index (χ2n) is 6.32. The number of carbonyl (C=O) groups excluding carboxylic acids is 1. The van der Waals surface area contributed by atoms with Gasteiger partial charge < -0.3 is 5.32 Å². The van der Waals surface area contributed by atoms with E-state index in [1.54, 1.807) is 6.20 Å². The van der Waals surface area contributed by atoms with Gasteiger partial charge >= 0.3 is 0 Å². The molecule has 0 fully saturated rings. The molecular formula is C20H18N4O2S. The normalized spacial score (nSPS) is 12.4. The third-order valence-corrected chi connectivity index (χ3v) is 5.70. The van der Waals surface area contributed by atoms with Gasteiger partial charge in [0.1, 0.15) is 15.6 Å². The first-order valence-electron chi connectivity index (χ1n) is 8.71. The molecule has 136 valence electrons. The molecule has 0 unspecified atom stereocenters. The molecule has 1 N–H and O–H groups in total. The average molecular weight is 378 g/mol. The highest BCUT2D eigenvalue weighted by atomic mass is 32.1. The van der Waals surface area contributed by atoms with Crippen LogP contribution in [0.25, 0.3) is 20.4 Å². The van der Waals surface area contributed by atoms with Crippen LogP contribution in [0, 0.1) is 6.92 Å². The summed E-state index contributed by atoms with van der Waals surface area (Å²) in [5.41, 5.74) is 2.14. The standard InChI is InChI=1S/C20H18N4O2S/c1-3-15(18(25)23-14-9-5-4-7-12(14)2)24-11-22-16-13-8-6-10-21-19(13)27-17(16)20(24)26/h4-11,15H,3H2,1-2H3,(H,23,25)/t15-/m1/s1. The Kier molecular flexibility index (Phi) is 4.45. The van der Waals surface area contributed by atoms with E-state index in [0.29, 0.717) is 16.6 Å². The molecular weight excluding hydrogens is 360 g/mol. The summed E-state index contributed by atoms with van der Waals surface area (Å²) >= 11 is 1.31. The van der Waals surface area contributed by atoms with Crippen molar-refractivity contribution in [3.8, 4) is 0 Å². The number of para-hydroxylation sites is 1. The van der Waals surface area contributed by atoms with E-state index in [0.717, 1.165) is 21.5 Å². The van der Waals surface area contributed by atoms with Gasteiger partial charge in [-0.3, -0.25) is 14.2 Å². The lowest BCUT2D eigenvalue weighted by Gasteiger charge is -2.18. The number of carbonyl (C=O) groups is 1. The van der Waals surface area contributed by atoms with Crippen molar-refractivity contribution in [2.45, 2.75) is 26.3 Å². The maximum atomic E-state index is 13.0. The van der Waals surface area contributed by atoms with Crippen molar-refractivity contribution in [2.24, 2.45) is 0 Å². The largest absolute Gasteiger partial charge is 0.324 e. The van der Waals surface area contributed by atoms with Crippen LogP contribution in [0.1, 0.15) is 24.9 Å². The van der Waals surface area contributed by atoms with Crippen LogP contribution in [0.3, 0.4) is 0 Å². The summed E-state index contributed by atoms with van der Waals surface area (Å²) in [7, 11) is 0. The van der Waals surface area contributed by atoms with Crippen molar-refractivity contribution in [3.63, 3.8) is 0 Å². The summed E-state index contributed by atoms with van der Waals surface area (Å²) in [4.78, 5) is 35.4. The number of aryl methyl sites for hydroxylation is 1.